The summed E-state index contributed by atoms with van der Waals surface area (Å²) < 4.78 is 53.3. The lowest BCUT2D eigenvalue weighted by Crippen LogP contribution is -2.67. The lowest BCUT2D eigenvalue weighted by molar-refractivity contribution is -0.389. The molecule has 0 saturated carbocycles. The van der Waals surface area contributed by atoms with E-state index in [1.807, 2.05) is 0 Å². The highest BCUT2D eigenvalue weighted by atomic mass is 16.8. The largest absolute Gasteiger partial charge is 0.504 e. The van der Waals surface area contributed by atoms with Gasteiger partial charge in [-0.3, -0.25) is 0 Å². The van der Waals surface area contributed by atoms with Crippen LogP contribution in [-0.4, -0.2) is 221 Å². The van der Waals surface area contributed by atoms with Crippen LogP contribution >= 0.6 is 0 Å². The number of aliphatic hydroxyl groups is 10. The van der Waals surface area contributed by atoms with E-state index in [0.29, 0.717) is 5.56 Å². The Labute approximate surface area is 363 Å². The van der Waals surface area contributed by atoms with E-state index < -0.39 is 166 Å². The first-order chi connectivity index (χ1) is 30.4. The first-order valence-corrected chi connectivity index (χ1v) is 20.2. The van der Waals surface area contributed by atoms with Crippen molar-refractivity contribution in [2.45, 2.75) is 130 Å². The molecular formula is C40H54O24. The summed E-state index contributed by atoms with van der Waals surface area (Å²) in [6.07, 6.45) is -31.3. The minimum Gasteiger partial charge on any atom is -0.504 e. The van der Waals surface area contributed by atoms with Gasteiger partial charge in [-0.05, 0) is 54.8 Å². The van der Waals surface area contributed by atoms with E-state index in [9.17, 15) is 76.3 Å². The summed E-state index contributed by atoms with van der Waals surface area (Å²) in [5, 5.41) is 145. The van der Waals surface area contributed by atoms with Gasteiger partial charge in [0.2, 0.25) is 0 Å². The van der Waals surface area contributed by atoms with Gasteiger partial charge in [-0.2, -0.15) is 0 Å². The highest BCUT2D eigenvalue weighted by molar-refractivity contribution is 5.87. The fourth-order valence-electron chi connectivity index (χ4n) is 7.32. The van der Waals surface area contributed by atoms with Crippen LogP contribution in [0.25, 0.3) is 6.08 Å². The minimum absolute atomic E-state index is 0.0174. The molecule has 0 amide bonds. The quantitative estimate of drug-likeness (QED) is 0.0453. The molecule has 4 heterocycles. The Morgan fingerprint density at radius 1 is 0.641 bits per heavy atom. The SMILES string of the molecule is C[C@H]1O[C@H](OC[C@H]2O[C@@H](OCCc3ccc(O)c(O)c3)[C@H](O[C@@H]3OC[C@H](O)[C@H](O)[C@H]3O)[C@@H](O[C@@H]3O[C@H](CO)[C@@H](O)[C@H](O)[C@H]3O)[C@@H]2OC(=O)/C=C/c2ccc(O)c(O)c2)[C@@H](O)[C@@H](O)[C@@H]1O. The number of phenolic OH excluding ortho intramolecular Hbond substituents is 4. The van der Waals surface area contributed by atoms with E-state index in [4.69, 9.17) is 42.6 Å². The number of aliphatic hydroxyl groups excluding tert-OH is 10. The van der Waals surface area contributed by atoms with Gasteiger partial charge in [-0.1, -0.05) is 12.1 Å². The number of benzene rings is 2. The molecule has 0 radical (unpaired) electrons. The number of esters is 1. The maximum absolute atomic E-state index is 13.7. The first kappa shape index (κ1) is 49.6. The van der Waals surface area contributed by atoms with Crippen molar-refractivity contribution in [3.05, 3.63) is 53.6 Å². The molecule has 0 spiro atoms. The second-order valence-electron chi connectivity index (χ2n) is 15.6. The van der Waals surface area contributed by atoms with Crippen molar-refractivity contribution in [1.82, 2.24) is 0 Å². The molecule has 4 aliphatic rings. The summed E-state index contributed by atoms with van der Waals surface area (Å²) in [5.41, 5.74) is 0.653. The summed E-state index contributed by atoms with van der Waals surface area (Å²) >= 11 is 0. The van der Waals surface area contributed by atoms with E-state index in [-0.39, 0.29) is 18.6 Å². The molecule has 358 valence electrons. The number of phenols is 4. The zero-order valence-electron chi connectivity index (χ0n) is 34.0. The lowest BCUT2D eigenvalue weighted by atomic mass is 9.96. The molecule has 0 aliphatic carbocycles. The summed E-state index contributed by atoms with van der Waals surface area (Å²) in [5.74, 6) is -2.96. The summed E-state index contributed by atoms with van der Waals surface area (Å²) in [4.78, 5) is 13.7. The Bertz CT molecular complexity index is 1870. The third-order valence-corrected chi connectivity index (χ3v) is 11.1. The Morgan fingerprint density at radius 2 is 1.27 bits per heavy atom. The van der Waals surface area contributed by atoms with Gasteiger partial charge in [0, 0.05) is 6.08 Å². The van der Waals surface area contributed by atoms with E-state index in [0.717, 1.165) is 18.2 Å². The molecule has 24 heteroatoms. The number of ether oxygens (including phenoxy) is 9. The molecule has 4 aliphatic heterocycles. The molecule has 4 saturated heterocycles. The van der Waals surface area contributed by atoms with E-state index in [1.165, 1.54) is 37.3 Å². The zero-order valence-corrected chi connectivity index (χ0v) is 34.0. The van der Waals surface area contributed by atoms with Gasteiger partial charge >= 0.3 is 5.97 Å². The van der Waals surface area contributed by atoms with E-state index >= 15 is 0 Å². The number of hydrogen-bond acceptors (Lipinski definition) is 24. The van der Waals surface area contributed by atoms with Crippen molar-refractivity contribution in [3.8, 4) is 23.0 Å². The summed E-state index contributed by atoms with van der Waals surface area (Å²) in [7, 11) is 0. The van der Waals surface area contributed by atoms with Crippen molar-refractivity contribution in [3.63, 3.8) is 0 Å². The molecule has 0 unspecified atom stereocenters. The van der Waals surface area contributed by atoms with E-state index in [2.05, 4.69) is 0 Å². The molecule has 2 aromatic carbocycles. The van der Waals surface area contributed by atoms with Crippen LogP contribution in [0.2, 0.25) is 0 Å². The maximum Gasteiger partial charge on any atom is 0.331 e. The highest BCUT2D eigenvalue weighted by Gasteiger charge is 2.56. The Morgan fingerprint density at radius 3 is 1.95 bits per heavy atom. The predicted molar refractivity (Wildman–Crippen MR) is 206 cm³/mol. The van der Waals surface area contributed by atoms with Crippen molar-refractivity contribution in [1.29, 1.82) is 0 Å². The first-order valence-electron chi connectivity index (χ1n) is 20.2. The van der Waals surface area contributed by atoms with E-state index in [1.54, 1.807) is 0 Å². The smallest absolute Gasteiger partial charge is 0.331 e. The van der Waals surface area contributed by atoms with Gasteiger partial charge in [0.25, 0.3) is 0 Å². The fourth-order valence-corrected chi connectivity index (χ4v) is 7.32. The Balaban J connectivity index is 1.40. The van der Waals surface area contributed by atoms with Gasteiger partial charge in [0.1, 0.15) is 79.4 Å². The van der Waals surface area contributed by atoms with Crippen molar-refractivity contribution in [2.24, 2.45) is 0 Å². The number of hydrogen-bond donors (Lipinski definition) is 14. The normalized spacial score (nSPS) is 39.5. The zero-order chi connectivity index (χ0) is 46.6. The topological polar surface area (TPSA) is 383 Å². The highest BCUT2D eigenvalue weighted by Crippen LogP contribution is 2.36. The molecule has 2 aromatic rings. The second-order valence-corrected chi connectivity index (χ2v) is 15.6. The van der Waals surface area contributed by atoms with Crippen molar-refractivity contribution >= 4 is 12.0 Å². The Hall–Kier alpha value is -3.87. The number of carbonyl (C=O) groups is 1. The van der Waals surface area contributed by atoms with Crippen LogP contribution in [0.4, 0.5) is 0 Å². The van der Waals surface area contributed by atoms with Crippen molar-refractivity contribution < 1.29 is 119 Å². The molecule has 6 rings (SSSR count). The minimum atomic E-state index is -2.08. The molecule has 14 N–H and O–H groups in total. The molecule has 19 atom stereocenters. The molecule has 24 nitrogen and oxygen atoms in total. The monoisotopic (exact) mass is 918 g/mol. The lowest BCUT2D eigenvalue weighted by Gasteiger charge is -2.49. The van der Waals surface area contributed by atoms with Gasteiger partial charge < -0.3 is 114 Å². The molecule has 4 fully saturated rings. The van der Waals surface area contributed by atoms with Crippen LogP contribution in [-0.2, 0) is 53.8 Å². The number of carbonyl (C=O) groups excluding carboxylic acids is 1. The molecule has 0 aromatic heterocycles. The van der Waals surface area contributed by atoms with Gasteiger partial charge in [0.05, 0.1) is 32.5 Å². The van der Waals surface area contributed by atoms with Crippen LogP contribution < -0.4 is 0 Å². The van der Waals surface area contributed by atoms with Crippen LogP contribution in [0.15, 0.2) is 42.5 Å². The number of rotatable bonds is 15. The average Bonchev–Trinajstić information content (AvgIpc) is 3.27. The van der Waals surface area contributed by atoms with Crippen LogP contribution in [0.3, 0.4) is 0 Å². The standard InChI is InChI=1S/C40H54O24/c1-15-26(48)29(51)32(54)37(59-15)58-14-24-34(62-25(47)7-4-16-2-5-18(42)20(44)10-16)35(63-39-33(55)30(52)28(50)23(12-41)60-39)36(64-38-31(53)27(49)22(46)13-57-38)40(61-24)56-9-8-17-3-6-19(43)21(45)11-17/h2-7,10-11,15,22-24,26-46,48-55H,8-9,12-14H2,1H3/b7-4+/t15-,22+,23-,24-,26-,27+,28-,29+,30+,31-,32+,33-,34-,35+,36-,37+,38+,39+,40-/m1/s1. The summed E-state index contributed by atoms with van der Waals surface area (Å²) in [6.45, 7) is -1.09. The summed E-state index contributed by atoms with van der Waals surface area (Å²) in [6, 6.07) is 7.56. The fraction of sp³-hybridized carbons (Fsp3) is 0.625. The third kappa shape index (κ3) is 11.4. The molecule has 64 heavy (non-hydrogen) atoms. The molecule has 0 bridgehead atoms. The maximum atomic E-state index is 13.7. The van der Waals surface area contributed by atoms with Gasteiger partial charge in [-0.15, -0.1) is 0 Å². The van der Waals surface area contributed by atoms with Crippen LogP contribution in [0.5, 0.6) is 23.0 Å². The average molecular weight is 919 g/mol. The predicted octanol–water partition coefficient (Wildman–Crippen LogP) is -4.73. The van der Waals surface area contributed by atoms with Crippen LogP contribution in [0.1, 0.15) is 18.1 Å². The van der Waals surface area contributed by atoms with Crippen molar-refractivity contribution in [2.75, 3.05) is 26.4 Å². The van der Waals surface area contributed by atoms with Gasteiger partial charge in [0.15, 0.2) is 54.3 Å². The molecular weight excluding hydrogens is 864 g/mol. The third-order valence-electron chi connectivity index (χ3n) is 11.1. The Kier molecular flexibility index (Phi) is 16.7. The number of aromatic hydroxyl groups is 4. The second kappa shape index (κ2) is 21.6. The van der Waals surface area contributed by atoms with Crippen LogP contribution in [0, 0.1) is 0 Å². The van der Waals surface area contributed by atoms with Gasteiger partial charge in [-0.25, -0.2) is 4.79 Å².